The van der Waals surface area contributed by atoms with Crippen LogP contribution in [0, 0.1) is 5.92 Å². The summed E-state index contributed by atoms with van der Waals surface area (Å²) in [5.74, 6) is 0.776. The molecule has 0 radical (unpaired) electrons. The molecule has 4 heterocycles. The molecule has 1 fully saturated rings. The minimum Gasteiger partial charge on any atom is -0.476 e. The van der Waals surface area contributed by atoms with Crippen LogP contribution < -0.4 is 10.3 Å². The van der Waals surface area contributed by atoms with E-state index in [1.165, 1.54) is 16.8 Å². The second-order valence-electron chi connectivity index (χ2n) is 9.08. The third-order valence-electron chi connectivity index (χ3n) is 5.61. The van der Waals surface area contributed by atoms with Crippen molar-refractivity contribution in [3.8, 4) is 5.88 Å². The molecule has 1 saturated heterocycles. The van der Waals surface area contributed by atoms with Crippen molar-refractivity contribution in [1.29, 1.82) is 0 Å². The van der Waals surface area contributed by atoms with Gasteiger partial charge in [-0.2, -0.15) is 5.10 Å². The van der Waals surface area contributed by atoms with E-state index >= 15 is 0 Å². The van der Waals surface area contributed by atoms with Gasteiger partial charge >= 0.3 is 0 Å². The van der Waals surface area contributed by atoms with Gasteiger partial charge in [0, 0.05) is 37.7 Å². The van der Waals surface area contributed by atoms with Crippen LogP contribution in [0.25, 0.3) is 5.65 Å². The van der Waals surface area contributed by atoms with Crippen LogP contribution in [0.3, 0.4) is 0 Å². The van der Waals surface area contributed by atoms with Gasteiger partial charge in [-0.3, -0.25) is 9.59 Å². The third kappa shape index (κ3) is 4.60. The molecule has 9 nitrogen and oxygen atoms in total. The topological polar surface area (TPSA) is 94.6 Å². The minimum atomic E-state index is -0.232. The van der Waals surface area contributed by atoms with Crippen molar-refractivity contribution < 1.29 is 9.53 Å². The maximum atomic E-state index is 12.6. The van der Waals surface area contributed by atoms with Gasteiger partial charge in [0.25, 0.3) is 11.5 Å². The van der Waals surface area contributed by atoms with Crippen LogP contribution in [-0.4, -0.2) is 54.9 Å². The highest BCUT2D eigenvalue weighted by atomic mass is 16.5. The molecule has 1 amide bonds. The smallest absolute Gasteiger partial charge is 0.274 e. The van der Waals surface area contributed by atoms with Gasteiger partial charge in [-0.15, -0.1) is 5.10 Å². The Morgan fingerprint density at radius 2 is 1.87 bits per heavy atom. The third-order valence-corrected chi connectivity index (χ3v) is 5.61. The first-order valence-electron chi connectivity index (χ1n) is 10.5. The highest BCUT2D eigenvalue weighted by Gasteiger charge is 2.25. The fourth-order valence-electron chi connectivity index (χ4n) is 3.59. The van der Waals surface area contributed by atoms with Crippen molar-refractivity contribution in [3.05, 3.63) is 52.2 Å². The Labute approximate surface area is 180 Å². The molecular formula is C22H28N6O3. The Morgan fingerprint density at radius 1 is 1.13 bits per heavy atom. The monoisotopic (exact) mass is 424 g/mol. The SMILES string of the molecule is Cn1nc(C(=O)N2CCC(COc3ccc4nc(C(C)(C)C)cn4n3)CC2)ccc1=O. The predicted molar refractivity (Wildman–Crippen MR) is 115 cm³/mol. The largest absolute Gasteiger partial charge is 0.476 e. The van der Waals surface area contributed by atoms with Crippen molar-refractivity contribution in [1.82, 2.24) is 29.3 Å². The van der Waals surface area contributed by atoms with Crippen molar-refractivity contribution in [2.75, 3.05) is 19.7 Å². The molecule has 0 spiro atoms. The average Bonchev–Trinajstić information content (AvgIpc) is 3.18. The lowest BCUT2D eigenvalue weighted by molar-refractivity contribution is 0.0650. The van der Waals surface area contributed by atoms with Crippen LogP contribution >= 0.6 is 0 Å². The number of rotatable bonds is 4. The zero-order valence-corrected chi connectivity index (χ0v) is 18.4. The van der Waals surface area contributed by atoms with Crippen LogP contribution in [-0.2, 0) is 12.5 Å². The summed E-state index contributed by atoms with van der Waals surface area (Å²) in [5.41, 5.74) is 1.82. The van der Waals surface area contributed by atoms with Gasteiger partial charge in [-0.25, -0.2) is 14.2 Å². The van der Waals surface area contributed by atoms with E-state index in [2.05, 4.69) is 36.0 Å². The Balaban J connectivity index is 1.32. The van der Waals surface area contributed by atoms with E-state index in [4.69, 9.17) is 4.74 Å². The Kier molecular flexibility index (Phi) is 5.51. The highest BCUT2D eigenvalue weighted by molar-refractivity contribution is 5.92. The van der Waals surface area contributed by atoms with Crippen LogP contribution in [0.1, 0.15) is 49.8 Å². The van der Waals surface area contributed by atoms with Crippen molar-refractivity contribution in [3.63, 3.8) is 0 Å². The Bertz CT molecular complexity index is 1150. The van der Waals surface area contributed by atoms with E-state index in [9.17, 15) is 9.59 Å². The lowest BCUT2D eigenvalue weighted by Gasteiger charge is -2.31. The number of amides is 1. The summed E-state index contributed by atoms with van der Waals surface area (Å²) >= 11 is 0. The molecule has 0 aromatic carbocycles. The summed E-state index contributed by atoms with van der Waals surface area (Å²) in [6.07, 6.45) is 3.64. The second-order valence-corrected chi connectivity index (χ2v) is 9.08. The van der Waals surface area contributed by atoms with Gasteiger partial charge < -0.3 is 9.64 Å². The standard InChI is InChI=1S/C22H28N6O3/c1-22(2,3)17-13-28-18(23-17)6-7-19(25-28)31-14-15-9-11-27(12-10-15)21(30)16-5-8-20(29)26(4)24-16/h5-8,13,15H,9-12,14H2,1-4H3. The average molecular weight is 425 g/mol. The number of likely N-dealkylation sites (tertiary alicyclic amines) is 1. The number of piperidine rings is 1. The number of hydrogen-bond acceptors (Lipinski definition) is 6. The molecule has 3 aromatic heterocycles. The molecule has 0 bridgehead atoms. The van der Waals surface area contributed by atoms with Gasteiger partial charge in [0.1, 0.15) is 5.69 Å². The molecule has 0 atom stereocenters. The summed E-state index contributed by atoms with van der Waals surface area (Å²) in [6.45, 7) is 8.20. The fourth-order valence-corrected chi connectivity index (χ4v) is 3.59. The van der Waals surface area contributed by atoms with Crippen LogP contribution in [0.2, 0.25) is 0 Å². The number of imidazole rings is 1. The number of carbonyl (C=O) groups excluding carboxylic acids is 1. The summed E-state index contributed by atoms with van der Waals surface area (Å²) in [5, 5.41) is 8.58. The highest BCUT2D eigenvalue weighted by Crippen LogP contribution is 2.23. The number of ether oxygens (including phenoxy) is 1. The van der Waals surface area contributed by atoms with Gasteiger partial charge in [0.05, 0.1) is 18.5 Å². The molecule has 4 rings (SSSR count). The van der Waals surface area contributed by atoms with Crippen LogP contribution in [0.5, 0.6) is 5.88 Å². The van der Waals surface area contributed by atoms with Crippen molar-refractivity contribution in [2.24, 2.45) is 13.0 Å². The number of aryl methyl sites for hydroxylation is 1. The maximum absolute atomic E-state index is 12.6. The first kappa shape index (κ1) is 21.0. The van der Waals surface area contributed by atoms with Crippen LogP contribution in [0.4, 0.5) is 0 Å². The molecular weight excluding hydrogens is 396 g/mol. The molecule has 0 unspecified atom stereocenters. The summed E-state index contributed by atoms with van der Waals surface area (Å²) in [4.78, 5) is 30.5. The number of fused-ring (bicyclic) bond motifs is 1. The number of carbonyl (C=O) groups is 1. The molecule has 0 N–H and O–H groups in total. The first-order valence-corrected chi connectivity index (χ1v) is 10.5. The van der Waals surface area contributed by atoms with Gasteiger partial charge in [-0.05, 0) is 30.9 Å². The number of nitrogens with zero attached hydrogens (tertiary/aromatic N) is 6. The lowest BCUT2D eigenvalue weighted by Crippen LogP contribution is -2.40. The maximum Gasteiger partial charge on any atom is 0.274 e. The number of aromatic nitrogens is 5. The van der Waals surface area contributed by atoms with E-state index in [-0.39, 0.29) is 16.9 Å². The van der Waals surface area contributed by atoms with Crippen molar-refractivity contribution in [2.45, 2.75) is 39.0 Å². The van der Waals surface area contributed by atoms with E-state index in [1.807, 2.05) is 18.3 Å². The Hall–Kier alpha value is -3.23. The zero-order valence-electron chi connectivity index (χ0n) is 18.4. The lowest BCUT2D eigenvalue weighted by atomic mass is 9.93. The summed E-state index contributed by atoms with van der Waals surface area (Å²) < 4.78 is 8.89. The zero-order chi connectivity index (χ0) is 22.2. The molecule has 9 heteroatoms. The molecule has 1 aliphatic rings. The minimum absolute atomic E-state index is 0.0376. The van der Waals surface area contributed by atoms with Gasteiger partial charge in [-0.1, -0.05) is 20.8 Å². The molecule has 0 saturated carbocycles. The Morgan fingerprint density at radius 3 is 2.55 bits per heavy atom. The summed E-state index contributed by atoms with van der Waals surface area (Å²) in [7, 11) is 1.54. The van der Waals surface area contributed by atoms with Gasteiger partial charge in [0.2, 0.25) is 5.88 Å². The van der Waals surface area contributed by atoms with Crippen molar-refractivity contribution >= 4 is 11.6 Å². The fraction of sp³-hybridized carbons (Fsp3) is 0.500. The molecule has 0 aliphatic carbocycles. The predicted octanol–water partition coefficient (Wildman–Crippen LogP) is 2.05. The summed E-state index contributed by atoms with van der Waals surface area (Å²) in [6, 6.07) is 6.62. The second kappa shape index (κ2) is 8.13. The van der Waals surface area contributed by atoms with Gasteiger partial charge in [0.15, 0.2) is 5.65 Å². The first-order chi connectivity index (χ1) is 14.7. The van der Waals surface area contributed by atoms with E-state index in [1.54, 1.807) is 16.5 Å². The quantitative estimate of drug-likeness (QED) is 0.636. The van der Waals surface area contributed by atoms with E-state index < -0.39 is 0 Å². The molecule has 1 aliphatic heterocycles. The van der Waals surface area contributed by atoms with E-state index in [0.717, 1.165) is 24.2 Å². The number of hydrogen-bond donors (Lipinski definition) is 0. The normalized spacial score (nSPS) is 15.4. The molecule has 164 valence electrons. The van der Waals surface area contributed by atoms with Crippen LogP contribution in [0.15, 0.2) is 35.3 Å². The van der Waals surface area contributed by atoms with E-state index in [0.29, 0.717) is 37.2 Å². The molecule has 31 heavy (non-hydrogen) atoms. The molecule has 3 aromatic rings.